The normalized spacial score (nSPS) is 27.9. The second kappa shape index (κ2) is 9.19. The van der Waals surface area contributed by atoms with E-state index < -0.39 is 59.1 Å². The van der Waals surface area contributed by atoms with Gasteiger partial charge in [-0.1, -0.05) is 59.7 Å². The number of amides is 2. The molecule has 2 bridgehead atoms. The molecule has 1 aliphatic heterocycles. The predicted molar refractivity (Wildman–Crippen MR) is 138 cm³/mol. The summed E-state index contributed by atoms with van der Waals surface area (Å²) in [6.07, 6.45) is -0.252. The number of benzene rings is 1. The molecule has 1 heterocycles. The Balaban J connectivity index is 1.90. The standard InChI is InChI=1S/C26H34F3NO6SSi/c1-14(2)38(15(3)4,16(5)6)35-22-17(7)25(36-37(33,34)26(27,28)29)13-19(22)20-21(25)24(32)30(23(20)31)18-11-9-8-10-12-18/h8-12,14-16,19-21H,13H2,1-7H3. The van der Waals surface area contributed by atoms with Gasteiger partial charge >= 0.3 is 15.6 Å². The highest BCUT2D eigenvalue weighted by Gasteiger charge is 2.74. The Hall–Kier alpha value is -2.18. The van der Waals surface area contributed by atoms with Gasteiger partial charge in [-0.05, 0) is 47.7 Å². The van der Waals surface area contributed by atoms with Crippen LogP contribution in [0.15, 0.2) is 41.7 Å². The number of halogens is 3. The van der Waals surface area contributed by atoms with Crippen LogP contribution in [0, 0.1) is 17.8 Å². The van der Waals surface area contributed by atoms with E-state index in [2.05, 4.69) is 0 Å². The Bertz CT molecular complexity index is 1260. The minimum absolute atomic E-state index is 0.107. The summed E-state index contributed by atoms with van der Waals surface area (Å²) in [7, 11) is -8.76. The number of nitrogens with zero attached hydrogens (tertiary/aromatic N) is 1. The van der Waals surface area contributed by atoms with E-state index in [1.807, 2.05) is 41.5 Å². The van der Waals surface area contributed by atoms with Gasteiger partial charge in [-0.15, -0.1) is 0 Å². The van der Waals surface area contributed by atoms with Gasteiger partial charge in [0.1, 0.15) is 5.60 Å². The maximum atomic E-state index is 13.7. The van der Waals surface area contributed by atoms with Crippen LogP contribution in [0.5, 0.6) is 0 Å². The quantitative estimate of drug-likeness (QED) is 0.167. The first kappa shape index (κ1) is 28.8. The highest BCUT2D eigenvalue weighted by atomic mass is 32.2. The monoisotopic (exact) mass is 573 g/mol. The van der Waals surface area contributed by atoms with E-state index >= 15 is 0 Å². The molecule has 7 nitrogen and oxygen atoms in total. The van der Waals surface area contributed by atoms with Crippen LogP contribution in [0.3, 0.4) is 0 Å². The lowest BCUT2D eigenvalue weighted by molar-refractivity contribution is -0.126. The molecule has 0 aromatic heterocycles. The van der Waals surface area contributed by atoms with Crippen molar-refractivity contribution in [1.82, 2.24) is 0 Å². The molecule has 4 rings (SSSR count). The van der Waals surface area contributed by atoms with E-state index in [9.17, 15) is 31.2 Å². The lowest BCUT2D eigenvalue weighted by atomic mass is 9.78. The van der Waals surface area contributed by atoms with Gasteiger partial charge in [0.25, 0.3) is 8.32 Å². The van der Waals surface area contributed by atoms with Gasteiger partial charge in [0.05, 0.1) is 23.3 Å². The molecule has 0 spiro atoms. The van der Waals surface area contributed by atoms with Crippen molar-refractivity contribution in [3.8, 4) is 0 Å². The molecular formula is C26H34F3NO6SSi. The molecule has 2 aliphatic carbocycles. The molecule has 4 atom stereocenters. The van der Waals surface area contributed by atoms with Crippen molar-refractivity contribution in [3.05, 3.63) is 41.7 Å². The Morgan fingerprint density at radius 1 is 0.974 bits per heavy atom. The molecule has 2 fully saturated rings. The number of carbonyl (C=O) groups excluding carboxylic acids is 2. The smallest absolute Gasteiger partial charge is 0.523 e. The van der Waals surface area contributed by atoms with E-state index in [4.69, 9.17) is 8.61 Å². The number of imide groups is 1. The van der Waals surface area contributed by atoms with Gasteiger partial charge in [-0.25, -0.2) is 4.90 Å². The first-order valence-corrected chi connectivity index (χ1v) is 16.3. The van der Waals surface area contributed by atoms with Crippen LogP contribution in [0.1, 0.15) is 54.9 Å². The van der Waals surface area contributed by atoms with Crippen molar-refractivity contribution in [3.63, 3.8) is 0 Å². The van der Waals surface area contributed by atoms with Gasteiger partial charge in [0.15, 0.2) is 0 Å². The van der Waals surface area contributed by atoms with Gasteiger partial charge in [-0.2, -0.15) is 21.6 Å². The van der Waals surface area contributed by atoms with Crippen LogP contribution in [-0.2, 0) is 28.3 Å². The van der Waals surface area contributed by atoms with Crippen LogP contribution in [0.4, 0.5) is 18.9 Å². The third-order valence-electron chi connectivity index (χ3n) is 8.70. The van der Waals surface area contributed by atoms with Crippen molar-refractivity contribution in [1.29, 1.82) is 0 Å². The fourth-order valence-electron chi connectivity index (χ4n) is 7.22. The predicted octanol–water partition coefficient (Wildman–Crippen LogP) is 5.90. The van der Waals surface area contributed by atoms with Crippen LogP contribution in [-0.4, -0.2) is 39.7 Å². The minimum Gasteiger partial charge on any atom is -0.545 e. The highest BCUT2D eigenvalue weighted by Crippen LogP contribution is 2.65. The highest BCUT2D eigenvalue weighted by molar-refractivity contribution is 7.87. The maximum absolute atomic E-state index is 13.7. The molecule has 2 amide bonds. The second-order valence-electron chi connectivity index (χ2n) is 11.4. The molecule has 1 saturated heterocycles. The fraction of sp³-hybridized carbons (Fsp3) is 0.615. The summed E-state index contributed by atoms with van der Waals surface area (Å²) in [5.41, 5.74) is -7.14. The molecule has 0 N–H and O–H groups in total. The zero-order valence-corrected chi connectivity index (χ0v) is 24.3. The summed E-state index contributed by atoms with van der Waals surface area (Å²) in [6.45, 7) is 13.7. The maximum Gasteiger partial charge on any atom is 0.523 e. The van der Waals surface area contributed by atoms with Gasteiger partial charge in [-0.3, -0.25) is 13.8 Å². The molecule has 4 unspecified atom stereocenters. The van der Waals surface area contributed by atoms with Crippen LogP contribution >= 0.6 is 0 Å². The third kappa shape index (κ3) is 3.89. The number of carbonyl (C=O) groups is 2. The van der Waals surface area contributed by atoms with E-state index in [0.717, 1.165) is 4.90 Å². The molecule has 3 aliphatic rings. The zero-order valence-electron chi connectivity index (χ0n) is 22.5. The van der Waals surface area contributed by atoms with E-state index in [1.54, 1.807) is 30.3 Å². The number of fused-ring (bicyclic) bond motifs is 5. The van der Waals surface area contributed by atoms with E-state index in [0.29, 0.717) is 5.76 Å². The zero-order chi connectivity index (χ0) is 28.6. The summed E-state index contributed by atoms with van der Waals surface area (Å²) in [6, 6.07) is 8.05. The number of anilines is 1. The fourth-order valence-corrected chi connectivity index (χ4v) is 13.4. The van der Waals surface area contributed by atoms with Crippen molar-refractivity contribution in [2.45, 2.75) is 82.6 Å². The number of hydrogen-bond donors (Lipinski definition) is 0. The average molecular weight is 574 g/mol. The molecule has 0 radical (unpaired) electrons. The lowest BCUT2D eigenvalue weighted by Crippen LogP contribution is -2.50. The topological polar surface area (TPSA) is 90.0 Å². The van der Waals surface area contributed by atoms with Crippen molar-refractivity contribution in [2.75, 3.05) is 4.90 Å². The molecule has 12 heteroatoms. The van der Waals surface area contributed by atoms with Crippen molar-refractivity contribution < 1.29 is 39.8 Å². The number of para-hydroxylation sites is 1. The Morgan fingerprint density at radius 2 is 1.50 bits per heavy atom. The minimum atomic E-state index is -6.10. The molecular weight excluding hydrogens is 539 g/mol. The average Bonchev–Trinajstić information content (AvgIpc) is 3.36. The molecule has 38 heavy (non-hydrogen) atoms. The van der Waals surface area contributed by atoms with Crippen LogP contribution in [0.25, 0.3) is 0 Å². The largest absolute Gasteiger partial charge is 0.545 e. The van der Waals surface area contributed by atoms with Crippen molar-refractivity contribution in [2.24, 2.45) is 17.8 Å². The summed E-state index contributed by atoms with van der Waals surface area (Å²) >= 11 is 0. The van der Waals surface area contributed by atoms with Crippen LogP contribution in [0.2, 0.25) is 16.6 Å². The van der Waals surface area contributed by atoms with E-state index in [-0.39, 0.29) is 34.3 Å². The summed E-state index contributed by atoms with van der Waals surface area (Å²) in [4.78, 5) is 28.3. The van der Waals surface area contributed by atoms with E-state index in [1.165, 1.54) is 6.92 Å². The lowest BCUT2D eigenvalue weighted by Gasteiger charge is -2.45. The molecule has 1 saturated carbocycles. The Kier molecular flexibility index (Phi) is 6.97. The Morgan fingerprint density at radius 3 is 1.97 bits per heavy atom. The Labute approximate surface area is 222 Å². The van der Waals surface area contributed by atoms with Gasteiger partial charge < -0.3 is 4.43 Å². The number of alkyl halides is 3. The molecule has 1 aromatic carbocycles. The first-order valence-electron chi connectivity index (χ1n) is 12.8. The summed E-state index contributed by atoms with van der Waals surface area (Å²) in [5.74, 6) is -4.35. The number of rotatable bonds is 8. The van der Waals surface area contributed by atoms with Gasteiger partial charge in [0.2, 0.25) is 11.8 Å². The second-order valence-corrected chi connectivity index (χ2v) is 18.4. The molecule has 1 aromatic rings. The van der Waals surface area contributed by atoms with Crippen molar-refractivity contribution >= 4 is 35.9 Å². The number of hydrogen-bond acceptors (Lipinski definition) is 6. The SMILES string of the molecule is CC1=C(O[Si](C(C)C)(C(C)C)C(C)C)C2CC1(OS(=O)(=O)C(F)(F)F)C1C(=O)N(c3ccccc3)C(=O)C21. The summed E-state index contributed by atoms with van der Waals surface area (Å²) in [5, 5.41) is 0. The molecule has 210 valence electrons. The van der Waals surface area contributed by atoms with Crippen LogP contribution < -0.4 is 4.90 Å². The summed E-state index contributed by atoms with van der Waals surface area (Å²) < 4.78 is 77.3. The first-order chi connectivity index (χ1) is 17.4. The van der Waals surface area contributed by atoms with Gasteiger partial charge in [0, 0.05) is 5.92 Å². The third-order valence-corrected chi connectivity index (χ3v) is 15.8. The number of allylic oxidation sites excluding steroid dienone is 1.